The summed E-state index contributed by atoms with van der Waals surface area (Å²) >= 11 is 1.63. The Balaban J connectivity index is 1.56. The highest BCUT2D eigenvalue weighted by Gasteiger charge is 2.74. The zero-order valence-corrected chi connectivity index (χ0v) is 30.4. The van der Waals surface area contributed by atoms with Gasteiger partial charge in [-0.05, 0) is 88.1 Å². The molecule has 0 aromatic heterocycles. The highest BCUT2D eigenvalue weighted by Crippen LogP contribution is 2.67. The van der Waals surface area contributed by atoms with Crippen LogP contribution in [-0.2, 0) is 14.4 Å². The number of aliphatic hydroxyl groups excluding tert-OH is 1. The largest absolute Gasteiger partial charge is 0.494 e. The molecule has 3 amide bonds. The van der Waals surface area contributed by atoms with Gasteiger partial charge >= 0.3 is 0 Å². The summed E-state index contributed by atoms with van der Waals surface area (Å²) in [5.74, 6) is -1.29. The lowest BCUT2D eigenvalue weighted by molar-refractivity contribution is -0.142. The standard InChI is InChI=1S/C39H52N4O5S/c1-8-23-41(29-17-19-30(20-18-29)48-12-5)36(45)33-32-21-22-39(49-32)34(33)37(46)43(31(25-44)26(6)7)35(39)38(47)42(24-9-2)28-15-13-27(14-16-28)40(10-3)11-4/h8-9,13-20,26,31-35,44H,1-2,10-12,21-25H2,3-7H3/t31-,32-,33+,34-,35?,39?/m0/s1. The predicted molar refractivity (Wildman–Crippen MR) is 199 cm³/mol. The molecule has 3 aliphatic heterocycles. The molecule has 2 aromatic rings. The van der Waals surface area contributed by atoms with Crippen LogP contribution in [0.5, 0.6) is 5.75 Å². The molecule has 3 saturated heterocycles. The van der Waals surface area contributed by atoms with Crippen molar-refractivity contribution in [3.05, 3.63) is 73.8 Å². The van der Waals surface area contributed by atoms with Gasteiger partial charge in [0.15, 0.2) is 0 Å². The van der Waals surface area contributed by atoms with E-state index in [1.54, 1.807) is 38.6 Å². The van der Waals surface area contributed by atoms with Gasteiger partial charge < -0.3 is 29.4 Å². The molecule has 9 nitrogen and oxygen atoms in total. The van der Waals surface area contributed by atoms with Crippen molar-refractivity contribution >= 4 is 46.5 Å². The highest BCUT2D eigenvalue weighted by molar-refractivity contribution is 8.02. The summed E-state index contributed by atoms with van der Waals surface area (Å²) in [4.78, 5) is 51.9. The Hall–Kier alpha value is -3.76. The molecule has 1 N–H and O–H groups in total. The number of fused-ring (bicyclic) bond motifs is 1. The molecule has 264 valence electrons. The molecular weight excluding hydrogens is 637 g/mol. The van der Waals surface area contributed by atoms with E-state index in [2.05, 4.69) is 31.9 Å². The fourth-order valence-corrected chi connectivity index (χ4v) is 10.4. The maximum atomic E-state index is 15.1. The third kappa shape index (κ3) is 6.50. The Labute approximate surface area is 296 Å². The van der Waals surface area contributed by atoms with Crippen LogP contribution in [0.2, 0.25) is 0 Å². The van der Waals surface area contributed by atoms with Crippen LogP contribution in [0, 0.1) is 17.8 Å². The number of amides is 3. The first-order chi connectivity index (χ1) is 23.6. The van der Waals surface area contributed by atoms with Gasteiger partial charge in [0.1, 0.15) is 11.8 Å². The van der Waals surface area contributed by atoms with Crippen molar-refractivity contribution in [2.24, 2.45) is 17.8 Å². The molecule has 2 bridgehead atoms. The van der Waals surface area contributed by atoms with Gasteiger partial charge in [0.05, 0.1) is 35.8 Å². The zero-order valence-electron chi connectivity index (χ0n) is 29.6. The molecule has 0 aliphatic carbocycles. The fraction of sp³-hybridized carbons (Fsp3) is 0.513. The number of hydrogen-bond acceptors (Lipinski definition) is 7. The lowest BCUT2D eigenvalue weighted by atomic mass is 9.70. The average Bonchev–Trinajstić information content (AvgIpc) is 3.75. The van der Waals surface area contributed by atoms with E-state index in [0.29, 0.717) is 24.5 Å². The molecule has 5 rings (SSSR count). The molecule has 0 radical (unpaired) electrons. The van der Waals surface area contributed by atoms with Crippen LogP contribution in [0.4, 0.5) is 17.1 Å². The average molecular weight is 689 g/mol. The number of aliphatic hydroxyl groups is 1. The van der Waals surface area contributed by atoms with Crippen LogP contribution in [0.1, 0.15) is 47.5 Å². The molecule has 2 aromatic carbocycles. The van der Waals surface area contributed by atoms with Gasteiger partial charge in [-0.15, -0.1) is 24.9 Å². The van der Waals surface area contributed by atoms with Crippen molar-refractivity contribution in [3.8, 4) is 5.75 Å². The number of likely N-dealkylation sites (tertiary alicyclic amines) is 1. The normalized spacial score (nSPS) is 24.5. The molecule has 3 fully saturated rings. The molecule has 6 atom stereocenters. The second-order valence-electron chi connectivity index (χ2n) is 13.4. The van der Waals surface area contributed by atoms with E-state index in [0.717, 1.165) is 30.9 Å². The minimum absolute atomic E-state index is 0.109. The molecule has 3 heterocycles. The molecule has 1 spiro atoms. The lowest BCUT2D eigenvalue weighted by Crippen LogP contribution is -2.58. The molecule has 10 heteroatoms. The lowest BCUT2D eigenvalue weighted by Gasteiger charge is -2.40. The minimum atomic E-state index is -0.849. The van der Waals surface area contributed by atoms with Crippen molar-refractivity contribution in [2.45, 2.75) is 69.5 Å². The van der Waals surface area contributed by atoms with Gasteiger partial charge in [-0.2, -0.15) is 0 Å². The number of hydrogen-bond donors (Lipinski definition) is 1. The van der Waals surface area contributed by atoms with Crippen molar-refractivity contribution in [2.75, 3.05) is 54.1 Å². The van der Waals surface area contributed by atoms with E-state index in [-0.39, 0.29) is 48.6 Å². The maximum Gasteiger partial charge on any atom is 0.251 e. The summed E-state index contributed by atoms with van der Waals surface area (Å²) in [6, 6.07) is 13.9. The highest BCUT2D eigenvalue weighted by atomic mass is 32.2. The van der Waals surface area contributed by atoms with Crippen LogP contribution in [-0.4, -0.2) is 89.2 Å². The number of benzene rings is 2. The van der Waals surface area contributed by atoms with Crippen molar-refractivity contribution in [3.63, 3.8) is 0 Å². The van der Waals surface area contributed by atoms with E-state index in [4.69, 9.17) is 4.74 Å². The van der Waals surface area contributed by atoms with Crippen LogP contribution >= 0.6 is 11.8 Å². The number of anilines is 3. The van der Waals surface area contributed by atoms with E-state index in [9.17, 15) is 14.7 Å². The van der Waals surface area contributed by atoms with Crippen molar-refractivity contribution in [1.82, 2.24) is 4.90 Å². The first-order valence-electron chi connectivity index (χ1n) is 17.6. The molecule has 2 unspecified atom stereocenters. The molecule has 0 saturated carbocycles. The molecule has 49 heavy (non-hydrogen) atoms. The van der Waals surface area contributed by atoms with E-state index >= 15 is 4.79 Å². The Bertz CT molecular complexity index is 1510. The van der Waals surface area contributed by atoms with Crippen molar-refractivity contribution < 1.29 is 24.2 Å². The fourth-order valence-electron chi connectivity index (χ4n) is 8.18. The second-order valence-corrected chi connectivity index (χ2v) is 15.0. The Kier molecular flexibility index (Phi) is 11.5. The summed E-state index contributed by atoms with van der Waals surface area (Å²) in [6.45, 7) is 20.5. The number of carbonyl (C=O) groups is 3. The number of thioether (sulfide) groups is 1. The number of rotatable bonds is 16. The summed E-state index contributed by atoms with van der Waals surface area (Å²) in [5.41, 5.74) is 2.49. The predicted octanol–water partition coefficient (Wildman–Crippen LogP) is 5.78. The zero-order chi connectivity index (χ0) is 35.5. The van der Waals surface area contributed by atoms with Crippen molar-refractivity contribution in [1.29, 1.82) is 0 Å². The summed E-state index contributed by atoms with van der Waals surface area (Å²) in [7, 11) is 0. The van der Waals surface area contributed by atoms with Crippen LogP contribution in [0.15, 0.2) is 73.8 Å². The maximum absolute atomic E-state index is 15.1. The van der Waals surface area contributed by atoms with Gasteiger partial charge in [-0.25, -0.2) is 0 Å². The monoisotopic (exact) mass is 688 g/mol. The topological polar surface area (TPSA) is 93.6 Å². The Morgan fingerprint density at radius 2 is 1.51 bits per heavy atom. The smallest absolute Gasteiger partial charge is 0.251 e. The van der Waals surface area contributed by atoms with Gasteiger partial charge in [0.2, 0.25) is 11.8 Å². The van der Waals surface area contributed by atoms with Gasteiger partial charge in [-0.1, -0.05) is 26.0 Å². The summed E-state index contributed by atoms with van der Waals surface area (Å²) in [6.07, 6.45) is 4.75. The van der Waals surface area contributed by atoms with Gasteiger partial charge in [0, 0.05) is 48.5 Å². The van der Waals surface area contributed by atoms with Crippen LogP contribution < -0.4 is 19.4 Å². The van der Waals surface area contributed by atoms with Crippen LogP contribution in [0.25, 0.3) is 0 Å². The third-order valence-corrected chi connectivity index (χ3v) is 12.4. The number of ether oxygens (including phenoxy) is 1. The van der Waals surface area contributed by atoms with Crippen LogP contribution in [0.3, 0.4) is 0 Å². The van der Waals surface area contributed by atoms with E-state index in [1.165, 1.54) is 0 Å². The van der Waals surface area contributed by atoms with E-state index in [1.807, 2.05) is 69.3 Å². The Morgan fingerprint density at radius 3 is 2.02 bits per heavy atom. The first-order valence-corrected chi connectivity index (χ1v) is 18.5. The molecule has 3 aliphatic rings. The quantitative estimate of drug-likeness (QED) is 0.224. The summed E-state index contributed by atoms with van der Waals surface area (Å²) in [5, 5.41) is 10.6. The number of nitrogens with zero attached hydrogens (tertiary/aromatic N) is 4. The van der Waals surface area contributed by atoms with E-state index < -0.39 is 28.7 Å². The second kappa shape index (κ2) is 15.4. The first kappa shape index (κ1) is 36.5. The van der Waals surface area contributed by atoms with Gasteiger partial charge in [0.25, 0.3) is 5.91 Å². The molecular formula is C39H52N4O5S. The van der Waals surface area contributed by atoms with Gasteiger partial charge in [-0.3, -0.25) is 14.4 Å². The SMILES string of the molecule is C=CCN(C(=O)C1N([C@@H](CO)C(C)C)C(=O)[C@@H]2[C@H](C(=O)N(CC=C)c3ccc(OCC)cc3)[C@@H]3CCC12S3)c1ccc(N(CC)CC)cc1. The minimum Gasteiger partial charge on any atom is -0.494 e. The Morgan fingerprint density at radius 1 is 0.959 bits per heavy atom. The summed E-state index contributed by atoms with van der Waals surface area (Å²) < 4.78 is 4.82. The number of carbonyl (C=O) groups excluding carboxylic acids is 3. The third-order valence-electron chi connectivity index (χ3n) is 10.5.